The molecule has 1 atom stereocenters. The summed E-state index contributed by atoms with van der Waals surface area (Å²) in [4.78, 5) is 24.6. The maximum Gasteiger partial charge on any atom is 0.316 e. The average molecular weight is 273 g/mol. The van der Waals surface area contributed by atoms with Gasteiger partial charge in [0.15, 0.2) is 0 Å². The average Bonchev–Trinajstić information content (AvgIpc) is 2.24. The van der Waals surface area contributed by atoms with Crippen LogP contribution in [0.3, 0.4) is 0 Å². The normalized spacial score (nSPS) is 12.3. The summed E-state index contributed by atoms with van der Waals surface area (Å²) < 4.78 is 0. The largest absolute Gasteiger partial charge is 0.480 e. The lowest BCUT2D eigenvalue weighted by Crippen LogP contribution is -2.35. The summed E-state index contributed by atoms with van der Waals surface area (Å²) in [6.07, 6.45) is 0. The van der Waals surface area contributed by atoms with Crippen LogP contribution in [0.1, 0.15) is 27.7 Å². The molecular formula is C13H23NO3S. The lowest BCUT2D eigenvalue weighted by Gasteiger charge is -2.22. The molecule has 104 valence electrons. The van der Waals surface area contributed by atoms with Crippen molar-refractivity contribution in [3.8, 4) is 0 Å². The van der Waals surface area contributed by atoms with Crippen molar-refractivity contribution < 1.29 is 14.7 Å². The van der Waals surface area contributed by atoms with E-state index in [4.69, 9.17) is 5.11 Å². The monoisotopic (exact) mass is 273 g/mol. The number of carboxylic acid groups (broad SMARTS) is 1. The molecule has 4 nitrogen and oxygen atoms in total. The number of hydrogen-bond donors (Lipinski definition) is 1. The zero-order valence-electron chi connectivity index (χ0n) is 11.6. The molecular weight excluding hydrogens is 250 g/mol. The number of likely N-dealkylation sites (N-methyl/N-ethyl adjacent to an activating group) is 1. The predicted octanol–water partition coefficient (Wildman–Crippen LogP) is 2.25. The Balaban J connectivity index is 4.37. The summed E-state index contributed by atoms with van der Waals surface area (Å²) >= 11 is 1.20. The third-order valence-corrected chi connectivity index (χ3v) is 3.95. The minimum atomic E-state index is -0.856. The maximum absolute atomic E-state index is 11.9. The predicted molar refractivity (Wildman–Crippen MR) is 75.8 cm³/mol. The Labute approximate surface area is 113 Å². The van der Waals surface area contributed by atoms with E-state index in [2.05, 4.69) is 6.58 Å². The number of carbonyl (C=O) groups excluding carboxylic acids is 1. The van der Waals surface area contributed by atoms with Crippen LogP contribution in [0.15, 0.2) is 12.2 Å². The number of carbonyl (C=O) groups is 2. The third-order valence-electron chi connectivity index (χ3n) is 2.43. The Morgan fingerprint density at radius 2 is 1.94 bits per heavy atom. The number of rotatable bonds is 8. The van der Waals surface area contributed by atoms with E-state index in [9.17, 15) is 9.59 Å². The molecule has 18 heavy (non-hydrogen) atoms. The van der Waals surface area contributed by atoms with E-state index in [1.807, 2.05) is 27.7 Å². The van der Waals surface area contributed by atoms with Crippen LogP contribution in [0, 0.1) is 5.92 Å². The SMILES string of the molecule is C=C(C)CN(CC)C(=O)CSC(C(=O)O)C(C)C. The fourth-order valence-electron chi connectivity index (χ4n) is 1.50. The van der Waals surface area contributed by atoms with Crippen molar-refractivity contribution in [2.24, 2.45) is 5.92 Å². The van der Waals surface area contributed by atoms with Crippen molar-refractivity contribution in [3.63, 3.8) is 0 Å². The van der Waals surface area contributed by atoms with Crippen LogP contribution in [-0.2, 0) is 9.59 Å². The van der Waals surface area contributed by atoms with Gasteiger partial charge in [0.05, 0.1) is 5.75 Å². The molecule has 0 fully saturated rings. The van der Waals surface area contributed by atoms with E-state index in [0.29, 0.717) is 13.1 Å². The zero-order chi connectivity index (χ0) is 14.3. The smallest absolute Gasteiger partial charge is 0.316 e. The lowest BCUT2D eigenvalue weighted by atomic mass is 10.1. The highest BCUT2D eigenvalue weighted by Gasteiger charge is 2.24. The van der Waals surface area contributed by atoms with Crippen LogP contribution in [0.4, 0.5) is 0 Å². The van der Waals surface area contributed by atoms with Crippen LogP contribution in [-0.4, -0.2) is 46.0 Å². The van der Waals surface area contributed by atoms with Gasteiger partial charge in [0.25, 0.3) is 0 Å². The molecule has 1 unspecified atom stereocenters. The van der Waals surface area contributed by atoms with Crippen LogP contribution >= 0.6 is 11.8 Å². The quantitative estimate of drug-likeness (QED) is 0.689. The van der Waals surface area contributed by atoms with Crippen molar-refractivity contribution >= 4 is 23.6 Å². The van der Waals surface area contributed by atoms with E-state index < -0.39 is 11.2 Å². The Morgan fingerprint density at radius 1 is 1.39 bits per heavy atom. The first-order valence-corrected chi connectivity index (χ1v) is 7.11. The molecule has 0 radical (unpaired) electrons. The summed E-state index contributed by atoms with van der Waals surface area (Å²) in [5.74, 6) is -0.671. The molecule has 0 saturated carbocycles. The number of hydrogen-bond acceptors (Lipinski definition) is 3. The lowest BCUT2D eigenvalue weighted by molar-refractivity contribution is -0.137. The minimum Gasteiger partial charge on any atom is -0.480 e. The molecule has 5 heteroatoms. The molecule has 1 amide bonds. The van der Waals surface area contributed by atoms with Gasteiger partial charge in [-0.3, -0.25) is 9.59 Å². The maximum atomic E-state index is 11.9. The van der Waals surface area contributed by atoms with Gasteiger partial charge in [0.1, 0.15) is 5.25 Å². The zero-order valence-corrected chi connectivity index (χ0v) is 12.4. The minimum absolute atomic E-state index is 0.0107. The molecule has 0 aromatic heterocycles. The Hall–Kier alpha value is -0.970. The Morgan fingerprint density at radius 3 is 2.28 bits per heavy atom. The molecule has 0 heterocycles. The Bertz CT molecular complexity index is 315. The van der Waals surface area contributed by atoms with Gasteiger partial charge in [0.2, 0.25) is 5.91 Å². The third kappa shape index (κ3) is 6.10. The first kappa shape index (κ1) is 17.0. The van der Waals surface area contributed by atoms with E-state index in [1.165, 1.54) is 11.8 Å². The highest BCUT2D eigenvalue weighted by Crippen LogP contribution is 2.20. The molecule has 0 aromatic rings. The highest BCUT2D eigenvalue weighted by molar-refractivity contribution is 8.01. The van der Waals surface area contributed by atoms with Crippen molar-refractivity contribution in [1.82, 2.24) is 4.90 Å². The van der Waals surface area contributed by atoms with Gasteiger partial charge in [-0.2, -0.15) is 0 Å². The molecule has 0 aliphatic heterocycles. The summed E-state index contributed by atoms with van der Waals surface area (Å²) in [6.45, 7) is 12.4. The summed E-state index contributed by atoms with van der Waals surface area (Å²) in [7, 11) is 0. The van der Waals surface area contributed by atoms with Gasteiger partial charge in [-0.25, -0.2) is 0 Å². The van der Waals surface area contributed by atoms with Gasteiger partial charge >= 0.3 is 5.97 Å². The number of nitrogens with zero attached hydrogens (tertiary/aromatic N) is 1. The fraction of sp³-hybridized carbons (Fsp3) is 0.692. The van der Waals surface area contributed by atoms with Gasteiger partial charge in [0, 0.05) is 13.1 Å². The first-order chi connectivity index (χ1) is 8.29. The second kappa shape index (κ2) is 8.19. The van der Waals surface area contributed by atoms with Crippen LogP contribution in [0.25, 0.3) is 0 Å². The van der Waals surface area contributed by atoms with Crippen LogP contribution < -0.4 is 0 Å². The first-order valence-electron chi connectivity index (χ1n) is 6.06. The van der Waals surface area contributed by atoms with E-state index in [0.717, 1.165) is 5.57 Å². The molecule has 0 spiro atoms. The van der Waals surface area contributed by atoms with E-state index >= 15 is 0 Å². The van der Waals surface area contributed by atoms with Gasteiger partial charge in [-0.1, -0.05) is 26.0 Å². The van der Waals surface area contributed by atoms with Gasteiger partial charge in [-0.05, 0) is 19.8 Å². The molecule has 0 aliphatic carbocycles. The molecule has 1 N–H and O–H groups in total. The Kier molecular flexibility index (Phi) is 7.75. The van der Waals surface area contributed by atoms with Gasteiger partial charge in [-0.15, -0.1) is 11.8 Å². The fourth-order valence-corrected chi connectivity index (χ4v) is 2.54. The van der Waals surface area contributed by atoms with Crippen molar-refractivity contribution in [1.29, 1.82) is 0 Å². The van der Waals surface area contributed by atoms with E-state index in [-0.39, 0.29) is 17.6 Å². The van der Waals surface area contributed by atoms with Crippen molar-refractivity contribution in [2.75, 3.05) is 18.8 Å². The van der Waals surface area contributed by atoms with Crippen molar-refractivity contribution in [3.05, 3.63) is 12.2 Å². The van der Waals surface area contributed by atoms with Crippen LogP contribution in [0.5, 0.6) is 0 Å². The summed E-state index contributed by atoms with van der Waals surface area (Å²) in [5, 5.41) is 8.51. The van der Waals surface area contributed by atoms with Gasteiger partial charge < -0.3 is 10.0 Å². The number of carboxylic acids is 1. The molecule has 0 bridgehead atoms. The number of aliphatic carboxylic acids is 1. The topological polar surface area (TPSA) is 57.6 Å². The highest BCUT2D eigenvalue weighted by atomic mass is 32.2. The van der Waals surface area contributed by atoms with E-state index in [1.54, 1.807) is 4.90 Å². The number of amides is 1. The second-order valence-corrected chi connectivity index (χ2v) is 5.81. The van der Waals surface area contributed by atoms with Crippen LogP contribution in [0.2, 0.25) is 0 Å². The number of thioether (sulfide) groups is 1. The summed E-state index contributed by atoms with van der Waals surface area (Å²) in [5.41, 5.74) is 0.925. The molecule has 0 saturated heterocycles. The summed E-state index contributed by atoms with van der Waals surface area (Å²) in [6, 6.07) is 0. The van der Waals surface area contributed by atoms with Crippen molar-refractivity contribution in [2.45, 2.75) is 32.9 Å². The second-order valence-electron chi connectivity index (χ2n) is 4.68. The molecule has 0 rings (SSSR count). The standard InChI is InChI=1S/C13H23NO3S/c1-6-14(7-9(2)3)11(15)8-18-12(10(4)5)13(16)17/h10,12H,2,6-8H2,1,3-5H3,(H,16,17). The molecule has 0 aliphatic rings. The molecule has 0 aromatic carbocycles.